The summed E-state index contributed by atoms with van der Waals surface area (Å²) in [5, 5.41) is 10.1. The highest BCUT2D eigenvalue weighted by atomic mass is 32.2. The topological polar surface area (TPSA) is 72.3 Å². The number of aromatic nitrogens is 2. The molecule has 0 aliphatic rings. The molecule has 0 atom stereocenters. The Hall–Kier alpha value is -2.08. The minimum atomic E-state index is -0.979. The Labute approximate surface area is 108 Å². The largest absolute Gasteiger partial charge is 0.494 e. The van der Waals surface area contributed by atoms with Gasteiger partial charge in [0.25, 0.3) is 0 Å². The second-order valence-electron chi connectivity index (χ2n) is 3.30. The lowest BCUT2D eigenvalue weighted by atomic mass is 10.3. The van der Waals surface area contributed by atoms with Gasteiger partial charge in [0.05, 0.1) is 12.7 Å². The van der Waals surface area contributed by atoms with E-state index in [2.05, 4.69) is 9.97 Å². The molecule has 0 bridgehead atoms. The SMILES string of the molecule is COc1cccnc1Sc1cc(C(=O)O)ccn1. The van der Waals surface area contributed by atoms with Crippen LogP contribution in [0.1, 0.15) is 10.4 Å². The number of nitrogens with zero attached hydrogens (tertiary/aromatic N) is 2. The van der Waals surface area contributed by atoms with E-state index in [4.69, 9.17) is 9.84 Å². The number of aromatic carboxylic acids is 1. The smallest absolute Gasteiger partial charge is 0.335 e. The number of carboxylic acid groups (broad SMARTS) is 1. The van der Waals surface area contributed by atoms with E-state index in [-0.39, 0.29) is 5.56 Å². The summed E-state index contributed by atoms with van der Waals surface area (Å²) in [6.07, 6.45) is 3.10. The summed E-state index contributed by atoms with van der Waals surface area (Å²) in [5.74, 6) is -0.350. The maximum Gasteiger partial charge on any atom is 0.335 e. The van der Waals surface area contributed by atoms with Crippen LogP contribution in [-0.2, 0) is 0 Å². The van der Waals surface area contributed by atoms with E-state index in [0.717, 1.165) is 0 Å². The fourth-order valence-corrected chi connectivity index (χ4v) is 2.17. The molecule has 6 heteroatoms. The van der Waals surface area contributed by atoms with Gasteiger partial charge in [-0.3, -0.25) is 0 Å². The standard InChI is InChI=1S/C12H10N2O3S/c1-17-9-3-2-5-14-11(9)18-10-7-8(12(15)16)4-6-13-10/h2-7H,1H3,(H,15,16). The van der Waals surface area contributed by atoms with Crippen molar-refractivity contribution >= 4 is 17.7 Å². The minimum Gasteiger partial charge on any atom is -0.494 e. The first-order chi connectivity index (χ1) is 8.70. The van der Waals surface area contributed by atoms with E-state index in [9.17, 15) is 4.79 Å². The van der Waals surface area contributed by atoms with Crippen LogP contribution in [-0.4, -0.2) is 28.2 Å². The molecular weight excluding hydrogens is 252 g/mol. The van der Waals surface area contributed by atoms with Gasteiger partial charge >= 0.3 is 5.97 Å². The maximum absolute atomic E-state index is 10.9. The lowest BCUT2D eigenvalue weighted by Crippen LogP contribution is -1.97. The molecule has 0 radical (unpaired) electrons. The Balaban J connectivity index is 2.28. The van der Waals surface area contributed by atoms with Crippen molar-refractivity contribution in [3.05, 3.63) is 42.2 Å². The van der Waals surface area contributed by atoms with Gasteiger partial charge in [-0.25, -0.2) is 14.8 Å². The third kappa shape index (κ3) is 2.78. The summed E-state index contributed by atoms with van der Waals surface area (Å²) >= 11 is 1.26. The fourth-order valence-electron chi connectivity index (χ4n) is 1.31. The van der Waals surface area contributed by atoms with Crippen LogP contribution in [0.2, 0.25) is 0 Å². The van der Waals surface area contributed by atoms with Crippen molar-refractivity contribution in [2.24, 2.45) is 0 Å². The third-order valence-corrected chi connectivity index (χ3v) is 3.07. The summed E-state index contributed by atoms with van der Waals surface area (Å²) in [7, 11) is 1.56. The Kier molecular flexibility index (Phi) is 3.78. The van der Waals surface area contributed by atoms with Gasteiger partial charge in [-0.1, -0.05) is 0 Å². The monoisotopic (exact) mass is 262 g/mol. The van der Waals surface area contributed by atoms with Crippen LogP contribution in [0.5, 0.6) is 5.75 Å². The maximum atomic E-state index is 10.9. The fraction of sp³-hybridized carbons (Fsp3) is 0.0833. The van der Waals surface area contributed by atoms with Gasteiger partial charge in [0, 0.05) is 12.4 Å². The van der Waals surface area contributed by atoms with Crippen LogP contribution in [0.25, 0.3) is 0 Å². The second-order valence-corrected chi connectivity index (χ2v) is 4.31. The zero-order valence-corrected chi connectivity index (χ0v) is 10.3. The van der Waals surface area contributed by atoms with Gasteiger partial charge < -0.3 is 9.84 Å². The highest BCUT2D eigenvalue weighted by molar-refractivity contribution is 7.99. The van der Waals surface area contributed by atoms with E-state index in [1.807, 2.05) is 0 Å². The summed E-state index contributed by atoms with van der Waals surface area (Å²) < 4.78 is 5.17. The zero-order valence-electron chi connectivity index (χ0n) is 9.53. The molecule has 2 aromatic rings. The van der Waals surface area contributed by atoms with Crippen molar-refractivity contribution < 1.29 is 14.6 Å². The van der Waals surface area contributed by atoms with Gasteiger partial charge in [0.2, 0.25) is 0 Å². The Morgan fingerprint density at radius 1 is 1.33 bits per heavy atom. The zero-order chi connectivity index (χ0) is 13.0. The van der Waals surface area contributed by atoms with Crippen molar-refractivity contribution in [2.45, 2.75) is 10.1 Å². The highest BCUT2D eigenvalue weighted by Crippen LogP contribution is 2.31. The van der Waals surface area contributed by atoms with Gasteiger partial charge in [0.1, 0.15) is 10.1 Å². The number of pyridine rings is 2. The predicted molar refractivity (Wildman–Crippen MR) is 66.1 cm³/mol. The van der Waals surface area contributed by atoms with Crippen molar-refractivity contribution in [3.63, 3.8) is 0 Å². The Bertz CT molecular complexity index is 575. The van der Waals surface area contributed by atoms with Crippen LogP contribution >= 0.6 is 11.8 Å². The average Bonchev–Trinajstić information content (AvgIpc) is 2.39. The highest BCUT2D eigenvalue weighted by Gasteiger charge is 2.09. The molecule has 18 heavy (non-hydrogen) atoms. The van der Waals surface area contributed by atoms with E-state index in [1.165, 1.54) is 30.1 Å². The quantitative estimate of drug-likeness (QED) is 0.911. The van der Waals surface area contributed by atoms with Crippen molar-refractivity contribution in [1.29, 1.82) is 0 Å². The number of rotatable bonds is 4. The van der Waals surface area contributed by atoms with E-state index in [1.54, 1.807) is 25.4 Å². The van der Waals surface area contributed by atoms with Crippen molar-refractivity contribution in [3.8, 4) is 5.75 Å². The Morgan fingerprint density at radius 3 is 2.89 bits per heavy atom. The van der Waals surface area contributed by atoms with Crippen LogP contribution < -0.4 is 4.74 Å². The summed E-state index contributed by atoms with van der Waals surface area (Å²) in [5.41, 5.74) is 0.197. The van der Waals surface area contributed by atoms with Crippen molar-refractivity contribution in [1.82, 2.24) is 9.97 Å². The Morgan fingerprint density at radius 2 is 2.17 bits per heavy atom. The average molecular weight is 262 g/mol. The number of carbonyl (C=O) groups is 1. The third-order valence-electron chi connectivity index (χ3n) is 2.14. The van der Waals surface area contributed by atoms with E-state index in [0.29, 0.717) is 15.8 Å². The van der Waals surface area contributed by atoms with Gasteiger partial charge in [-0.05, 0) is 36.0 Å². The van der Waals surface area contributed by atoms with Crippen LogP contribution in [0.3, 0.4) is 0 Å². The molecule has 0 aliphatic heterocycles. The van der Waals surface area contributed by atoms with Gasteiger partial charge in [-0.2, -0.15) is 0 Å². The molecule has 0 saturated carbocycles. The molecule has 0 amide bonds. The first kappa shape index (κ1) is 12.4. The lowest BCUT2D eigenvalue weighted by Gasteiger charge is -2.05. The van der Waals surface area contributed by atoms with E-state index < -0.39 is 5.97 Å². The molecular formula is C12H10N2O3S. The molecule has 2 heterocycles. The number of hydrogen-bond donors (Lipinski definition) is 1. The number of hydrogen-bond acceptors (Lipinski definition) is 5. The molecule has 92 valence electrons. The molecule has 0 fully saturated rings. The molecule has 0 unspecified atom stereocenters. The first-order valence-electron chi connectivity index (χ1n) is 5.07. The van der Waals surface area contributed by atoms with Crippen LogP contribution in [0.4, 0.5) is 0 Å². The summed E-state index contributed by atoms with van der Waals surface area (Å²) in [6.45, 7) is 0. The predicted octanol–water partition coefficient (Wildman–Crippen LogP) is 2.33. The summed E-state index contributed by atoms with van der Waals surface area (Å²) in [4.78, 5) is 19.1. The van der Waals surface area contributed by atoms with Crippen molar-refractivity contribution in [2.75, 3.05) is 7.11 Å². The van der Waals surface area contributed by atoms with E-state index >= 15 is 0 Å². The molecule has 0 spiro atoms. The molecule has 2 aromatic heterocycles. The molecule has 5 nitrogen and oxygen atoms in total. The minimum absolute atomic E-state index is 0.197. The first-order valence-corrected chi connectivity index (χ1v) is 5.88. The summed E-state index contributed by atoms with van der Waals surface area (Å²) in [6, 6.07) is 6.50. The molecule has 0 aliphatic carbocycles. The normalized spacial score (nSPS) is 10.1. The number of methoxy groups -OCH3 is 1. The molecule has 0 aromatic carbocycles. The molecule has 1 N–H and O–H groups in total. The molecule has 2 rings (SSSR count). The van der Waals surface area contributed by atoms with Gasteiger partial charge in [0.15, 0.2) is 5.75 Å². The number of ether oxygens (including phenoxy) is 1. The van der Waals surface area contributed by atoms with Crippen LogP contribution in [0, 0.1) is 0 Å². The van der Waals surface area contributed by atoms with Gasteiger partial charge in [-0.15, -0.1) is 0 Å². The van der Waals surface area contributed by atoms with Crippen LogP contribution in [0.15, 0.2) is 46.7 Å². The molecule has 0 saturated heterocycles. The number of carboxylic acids is 1. The lowest BCUT2D eigenvalue weighted by molar-refractivity contribution is 0.0696. The second kappa shape index (κ2) is 5.50.